The lowest BCUT2D eigenvalue weighted by molar-refractivity contribution is 0.164. The van der Waals surface area contributed by atoms with Crippen LogP contribution in [0.1, 0.15) is 6.92 Å². The fourth-order valence-corrected chi connectivity index (χ4v) is 3.40. The molecule has 1 amide bonds. The Bertz CT molecular complexity index is 745. The number of benzene rings is 2. The molecule has 0 unspecified atom stereocenters. The second kappa shape index (κ2) is 6.93. The number of anilines is 1. The van der Waals surface area contributed by atoms with Gasteiger partial charge in [0.1, 0.15) is 0 Å². The lowest BCUT2D eigenvalue weighted by Crippen LogP contribution is -2.37. The van der Waals surface area contributed by atoms with Crippen LogP contribution in [0.25, 0.3) is 0 Å². The summed E-state index contributed by atoms with van der Waals surface area (Å²) in [7, 11) is -4.05. The number of hydrogen-bond acceptors (Lipinski definition) is 4. The highest BCUT2D eigenvalue weighted by molar-refractivity contribution is 9.10. The Kier molecular flexibility index (Phi) is 5.20. The lowest BCUT2D eigenvalue weighted by Gasteiger charge is -2.21. The fourth-order valence-electron chi connectivity index (χ4n) is 1.80. The minimum absolute atomic E-state index is 0.00704. The van der Waals surface area contributed by atoms with Gasteiger partial charge in [0.05, 0.1) is 17.2 Å². The number of nitrogens with zero attached hydrogens (tertiary/aromatic N) is 1. The van der Waals surface area contributed by atoms with Crippen LogP contribution < -0.4 is 4.31 Å². The summed E-state index contributed by atoms with van der Waals surface area (Å²) in [5.41, 5.74) is 0.226. The van der Waals surface area contributed by atoms with Crippen LogP contribution in [-0.2, 0) is 14.8 Å². The zero-order chi connectivity index (χ0) is 16.2. The first-order valence-corrected chi connectivity index (χ1v) is 8.73. The standard InChI is InChI=1S/C15H14BrNO4S/c1-2-21-15(18)17(13-6-4-3-5-7-13)22(19,20)14-10-8-12(16)9-11-14/h3-11H,2H2,1H3. The minimum Gasteiger partial charge on any atom is -0.449 e. The molecule has 0 aliphatic rings. The molecule has 0 saturated heterocycles. The molecular weight excluding hydrogens is 370 g/mol. The largest absolute Gasteiger partial charge is 0.449 e. The first-order valence-electron chi connectivity index (χ1n) is 6.49. The van der Waals surface area contributed by atoms with Crippen molar-refractivity contribution in [2.45, 2.75) is 11.8 Å². The number of halogens is 1. The van der Waals surface area contributed by atoms with Gasteiger partial charge in [-0.1, -0.05) is 34.1 Å². The molecule has 7 heteroatoms. The van der Waals surface area contributed by atoms with E-state index in [0.29, 0.717) is 4.31 Å². The van der Waals surface area contributed by atoms with E-state index in [1.54, 1.807) is 37.3 Å². The zero-order valence-electron chi connectivity index (χ0n) is 11.8. The molecule has 0 radical (unpaired) electrons. The average molecular weight is 384 g/mol. The summed E-state index contributed by atoms with van der Waals surface area (Å²) in [6.07, 6.45) is -0.934. The van der Waals surface area contributed by atoms with Crippen LogP contribution in [0, 0.1) is 0 Å². The van der Waals surface area contributed by atoms with E-state index in [9.17, 15) is 13.2 Å². The van der Waals surface area contributed by atoms with Crippen molar-refractivity contribution in [1.82, 2.24) is 0 Å². The van der Waals surface area contributed by atoms with E-state index >= 15 is 0 Å². The lowest BCUT2D eigenvalue weighted by atomic mass is 10.3. The molecule has 0 heterocycles. The quantitative estimate of drug-likeness (QED) is 0.805. The van der Waals surface area contributed by atoms with E-state index in [2.05, 4.69) is 15.9 Å². The van der Waals surface area contributed by atoms with Gasteiger partial charge in [-0.3, -0.25) is 0 Å². The molecule has 2 rings (SSSR count). The van der Waals surface area contributed by atoms with Crippen LogP contribution in [0.15, 0.2) is 64.0 Å². The van der Waals surface area contributed by atoms with Gasteiger partial charge in [0.2, 0.25) is 0 Å². The summed E-state index contributed by atoms with van der Waals surface area (Å²) in [4.78, 5) is 12.2. The normalized spacial score (nSPS) is 11.0. The van der Waals surface area contributed by atoms with Crippen LogP contribution in [-0.4, -0.2) is 21.1 Å². The van der Waals surface area contributed by atoms with E-state index < -0.39 is 16.1 Å². The number of carbonyl (C=O) groups is 1. The van der Waals surface area contributed by atoms with Gasteiger partial charge >= 0.3 is 6.09 Å². The summed E-state index contributed by atoms with van der Waals surface area (Å²) >= 11 is 3.25. The Labute approximate surface area is 137 Å². The van der Waals surface area contributed by atoms with Gasteiger partial charge in [-0.2, -0.15) is 4.31 Å². The third-order valence-corrected chi connectivity index (χ3v) is 5.01. The Balaban J connectivity index is 2.53. The third kappa shape index (κ3) is 3.48. The van der Waals surface area contributed by atoms with E-state index in [4.69, 9.17) is 4.74 Å². The molecule has 0 aliphatic heterocycles. The maximum absolute atomic E-state index is 12.8. The van der Waals surface area contributed by atoms with Crippen LogP contribution in [0.4, 0.5) is 10.5 Å². The molecule has 0 spiro atoms. The molecular formula is C15H14BrNO4S. The zero-order valence-corrected chi connectivity index (χ0v) is 14.2. The van der Waals surface area contributed by atoms with Crippen molar-refractivity contribution < 1.29 is 17.9 Å². The van der Waals surface area contributed by atoms with Gasteiger partial charge < -0.3 is 4.74 Å². The highest BCUT2D eigenvalue weighted by Crippen LogP contribution is 2.25. The number of sulfonamides is 1. The summed E-state index contributed by atoms with van der Waals surface area (Å²) in [5.74, 6) is 0. The van der Waals surface area contributed by atoms with Crippen LogP contribution in [0.2, 0.25) is 0 Å². The SMILES string of the molecule is CCOC(=O)N(c1ccccc1)S(=O)(=O)c1ccc(Br)cc1. The van der Waals surface area contributed by atoms with Crippen molar-refractivity contribution in [2.75, 3.05) is 10.9 Å². The molecule has 2 aromatic rings. The number of para-hydroxylation sites is 1. The Morgan fingerprint density at radius 1 is 1.09 bits per heavy atom. The summed E-state index contributed by atoms with van der Waals surface area (Å²) in [6, 6.07) is 14.2. The second-order valence-electron chi connectivity index (χ2n) is 4.26. The van der Waals surface area contributed by atoms with Crippen molar-refractivity contribution in [1.29, 1.82) is 0 Å². The van der Waals surface area contributed by atoms with Gasteiger partial charge in [0.15, 0.2) is 0 Å². The van der Waals surface area contributed by atoms with Crippen molar-refractivity contribution in [3.8, 4) is 0 Å². The van der Waals surface area contributed by atoms with Crippen LogP contribution >= 0.6 is 15.9 Å². The maximum Gasteiger partial charge on any atom is 0.428 e. The van der Waals surface area contributed by atoms with Gasteiger partial charge in [-0.15, -0.1) is 0 Å². The number of hydrogen-bond donors (Lipinski definition) is 0. The average Bonchev–Trinajstić information content (AvgIpc) is 2.49. The van der Waals surface area contributed by atoms with Gasteiger partial charge in [0, 0.05) is 4.47 Å². The number of ether oxygens (including phenoxy) is 1. The molecule has 0 saturated carbocycles. The van der Waals surface area contributed by atoms with Crippen LogP contribution in [0.3, 0.4) is 0 Å². The Hall–Kier alpha value is -1.86. The van der Waals surface area contributed by atoms with E-state index in [0.717, 1.165) is 4.47 Å². The van der Waals surface area contributed by atoms with Crippen LogP contribution in [0.5, 0.6) is 0 Å². The second-order valence-corrected chi connectivity index (χ2v) is 6.96. The van der Waals surface area contributed by atoms with E-state index in [1.165, 1.54) is 24.3 Å². The van der Waals surface area contributed by atoms with Gasteiger partial charge in [-0.05, 0) is 43.3 Å². The third-order valence-electron chi connectivity index (χ3n) is 2.78. The number of rotatable bonds is 4. The van der Waals surface area contributed by atoms with Gasteiger partial charge in [0.25, 0.3) is 10.0 Å². The topological polar surface area (TPSA) is 63.7 Å². The maximum atomic E-state index is 12.8. The first-order chi connectivity index (χ1) is 10.5. The summed E-state index contributed by atoms with van der Waals surface area (Å²) in [5, 5.41) is 0. The first kappa shape index (κ1) is 16.5. The fraction of sp³-hybridized carbons (Fsp3) is 0.133. The smallest absolute Gasteiger partial charge is 0.428 e. The molecule has 116 valence electrons. The van der Waals surface area contributed by atoms with E-state index in [-0.39, 0.29) is 17.2 Å². The molecule has 0 fully saturated rings. The van der Waals surface area contributed by atoms with Gasteiger partial charge in [-0.25, -0.2) is 13.2 Å². The molecule has 5 nitrogen and oxygen atoms in total. The predicted octanol–water partition coefficient (Wildman–Crippen LogP) is 3.80. The highest BCUT2D eigenvalue weighted by Gasteiger charge is 2.32. The Morgan fingerprint density at radius 3 is 2.23 bits per heavy atom. The van der Waals surface area contributed by atoms with Crippen molar-refractivity contribution >= 4 is 37.7 Å². The van der Waals surface area contributed by atoms with Crippen molar-refractivity contribution in [3.05, 3.63) is 59.1 Å². The summed E-state index contributed by atoms with van der Waals surface area (Å²) < 4.78 is 31.8. The molecule has 0 N–H and O–H groups in total. The molecule has 0 atom stereocenters. The number of carbonyl (C=O) groups excluding carboxylic acids is 1. The molecule has 0 bridgehead atoms. The van der Waals surface area contributed by atoms with Crippen molar-refractivity contribution in [3.63, 3.8) is 0 Å². The summed E-state index contributed by atoms with van der Waals surface area (Å²) in [6.45, 7) is 1.70. The monoisotopic (exact) mass is 383 g/mol. The highest BCUT2D eigenvalue weighted by atomic mass is 79.9. The predicted molar refractivity (Wildman–Crippen MR) is 87.3 cm³/mol. The number of amides is 1. The molecule has 2 aromatic carbocycles. The molecule has 22 heavy (non-hydrogen) atoms. The van der Waals surface area contributed by atoms with Crippen molar-refractivity contribution in [2.24, 2.45) is 0 Å². The molecule has 0 aromatic heterocycles. The Morgan fingerprint density at radius 2 is 1.68 bits per heavy atom. The minimum atomic E-state index is -4.05. The van der Waals surface area contributed by atoms with E-state index in [1.807, 2.05) is 0 Å². The molecule has 0 aliphatic carbocycles.